The highest BCUT2D eigenvalue weighted by Gasteiger charge is 2.10. The fourth-order valence-corrected chi connectivity index (χ4v) is 3.56. The van der Waals surface area contributed by atoms with Gasteiger partial charge in [-0.3, -0.25) is 0 Å². The van der Waals surface area contributed by atoms with Gasteiger partial charge in [0.25, 0.3) is 0 Å². The van der Waals surface area contributed by atoms with Crippen LogP contribution in [0.2, 0.25) is 0 Å². The van der Waals surface area contributed by atoms with Gasteiger partial charge in [-0.25, -0.2) is 9.78 Å². The van der Waals surface area contributed by atoms with Crippen molar-refractivity contribution < 1.29 is 9.90 Å². The molecule has 0 spiro atoms. The van der Waals surface area contributed by atoms with Crippen LogP contribution >= 0.6 is 22.7 Å². The number of nitrogens with zero attached hydrogens (tertiary/aromatic N) is 1. The van der Waals surface area contributed by atoms with E-state index in [1.54, 1.807) is 17.4 Å². The number of hydrogen-bond donors (Lipinski definition) is 2. The summed E-state index contributed by atoms with van der Waals surface area (Å²) >= 11 is 2.92. The number of nitrogens with one attached hydrogen (secondary N) is 1. The smallest absolute Gasteiger partial charge is 0.345 e. The average molecular weight is 304 g/mol. The van der Waals surface area contributed by atoms with Crippen molar-refractivity contribution in [2.75, 3.05) is 5.32 Å². The van der Waals surface area contributed by atoms with Gasteiger partial charge >= 0.3 is 5.97 Å². The van der Waals surface area contributed by atoms with Gasteiger partial charge in [-0.05, 0) is 36.8 Å². The zero-order chi connectivity index (χ0) is 14.1. The Labute approximate surface area is 123 Å². The minimum Gasteiger partial charge on any atom is -0.477 e. The Bertz CT molecular complexity index is 776. The number of carboxylic acid groups (broad SMARTS) is 1. The van der Waals surface area contributed by atoms with Gasteiger partial charge in [-0.2, -0.15) is 0 Å². The summed E-state index contributed by atoms with van der Waals surface area (Å²) in [7, 11) is 0. The lowest BCUT2D eigenvalue weighted by Gasteiger charge is -2.05. The standard InChI is InChI=1S/C14H12N2O2S2/c1-8-9(4-13(20-8)14(17)18)6-15-10-2-3-11-12(5-10)19-7-16-11/h2-5,7,15H,6H2,1H3,(H,17,18). The number of anilines is 1. The number of aryl methyl sites for hydroxylation is 1. The third-order valence-corrected chi connectivity index (χ3v) is 4.92. The molecule has 6 heteroatoms. The number of benzene rings is 1. The molecule has 0 amide bonds. The molecule has 1 aromatic carbocycles. The summed E-state index contributed by atoms with van der Waals surface area (Å²) < 4.78 is 1.14. The number of aromatic nitrogens is 1. The van der Waals surface area contributed by atoms with Crippen LogP contribution in [0.1, 0.15) is 20.1 Å². The first-order valence-corrected chi connectivity index (χ1v) is 7.73. The van der Waals surface area contributed by atoms with E-state index < -0.39 is 5.97 Å². The predicted molar refractivity (Wildman–Crippen MR) is 83.0 cm³/mol. The Morgan fingerprint density at radius 1 is 1.40 bits per heavy atom. The van der Waals surface area contributed by atoms with Gasteiger partial charge in [0, 0.05) is 17.1 Å². The molecule has 0 aliphatic carbocycles. The predicted octanol–water partition coefficient (Wildman–Crippen LogP) is 3.98. The SMILES string of the molecule is Cc1sc(C(=O)O)cc1CNc1ccc2ncsc2c1. The largest absolute Gasteiger partial charge is 0.477 e. The van der Waals surface area contributed by atoms with E-state index in [-0.39, 0.29) is 0 Å². The highest BCUT2D eigenvalue weighted by Crippen LogP contribution is 2.25. The fraction of sp³-hybridized carbons (Fsp3) is 0.143. The summed E-state index contributed by atoms with van der Waals surface area (Å²) in [6.07, 6.45) is 0. The van der Waals surface area contributed by atoms with Crippen molar-refractivity contribution in [2.45, 2.75) is 13.5 Å². The van der Waals surface area contributed by atoms with E-state index in [4.69, 9.17) is 5.11 Å². The van der Waals surface area contributed by atoms with Crippen molar-refractivity contribution in [3.05, 3.63) is 45.1 Å². The summed E-state index contributed by atoms with van der Waals surface area (Å²) in [6, 6.07) is 7.77. The first-order chi connectivity index (χ1) is 9.63. The van der Waals surface area contributed by atoms with Crippen LogP contribution in [0.15, 0.2) is 29.8 Å². The molecule has 3 aromatic rings. The van der Waals surface area contributed by atoms with Crippen molar-refractivity contribution in [1.29, 1.82) is 0 Å². The molecule has 3 rings (SSSR count). The molecule has 0 atom stereocenters. The summed E-state index contributed by atoms with van der Waals surface area (Å²) in [5, 5.41) is 12.3. The molecule has 0 fully saturated rings. The average Bonchev–Trinajstić information content (AvgIpc) is 3.02. The van der Waals surface area contributed by atoms with Crippen molar-refractivity contribution in [3.63, 3.8) is 0 Å². The van der Waals surface area contributed by atoms with Crippen LogP contribution in [0.5, 0.6) is 0 Å². The number of hydrogen-bond acceptors (Lipinski definition) is 5. The maximum atomic E-state index is 10.9. The molecule has 0 unspecified atom stereocenters. The third-order valence-electron chi connectivity index (χ3n) is 3.05. The van der Waals surface area contributed by atoms with Gasteiger partial charge in [0.15, 0.2) is 0 Å². The molecule has 0 radical (unpaired) electrons. The lowest BCUT2D eigenvalue weighted by Crippen LogP contribution is -1.99. The molecule has 20 heavy (non-hydrogen) atoms. The highest BCUT2D eigenvalue weighted by molar-refractivity contribution is 7.16. The van der Waals surface area contributed by atoms with E-state index in [1.165, 1.54) is 11.3 Å². The molecule has 4 nitrogen and oxygen atoms in total. The van der Waals surface area contributed by atoms with Gasteiger partial charge in [0.2, 0.25) is 0 Å². The van der Waals surface area contributed by atoms with E-state index in [2.05, 4.69) is 16.4 Å². The number of fused-ring (bicyclic) bond motifs is 1. The second kappa shape index (κ2) is 5.22. The minimum absolute atomic E-state index is 0.386. The molecule has 102 valence electrons. The van der Waals surface area contributed by atoms with E-state index in [1.807, 2.05) is 24.6 Å². The van der Waals surface area contributed by atoms with Gasteiger partial charge in [0.05, 0.1) is 15.7 Å². The van der Waals surface area contributed by atoms with Crippen molar-refractivity contribution >= 4 is 44.5 Å². The lowest BCUT2D eigenvalue weighted by molar-refractivity contribution is 0.0702. The quantitative estimate of drug-likeness (QED) is 0.765. The number of aromatic carboxylic acids is 1. The van der Waals surface area contributed by atoms with Crippen molar-refractivity contribution in [3.8, 4) is 0 Å². The molecule has 0 aliphatic rings. The normalized spacial score (nSPS) is 10.8. The van der Waals surface area contributed by atoms with Crippen LogP contribution in [-0.4, -0.2) is 16.1 Å². The van der Waals surface area contributed by atoms with Gasteiger partial charge in [-0.15, -0.1) is 22.7 Å². The third kappa shape index (κ3) is 2.52. The molecular weight excluding hydrogens is 292 g/mol. The zero-order valence-electron chi connectivity index (χ0n) is 10.7. The van der Waals surface area contributed by atoms with Crippen LogP contribution in [0.4, 0.5) is 5.69 Å². The van der Waals surface area contributed by atoms with E-state index in [0.29, 0.717) is 11.4 Å². The molecule has 0 aliphatic heterocycles. The van der Waals surface area contributed by atoms with Crippen molar-refractivity contribution in [2.24, 2.45) is 0 Å². The Balaban J connectivity index is 1.77. The second-order valence-electron chi connectivity index (χ2n) is 4.39. The highest BCUT2D eigenvalue weighted by atomic mass is 32.1. The summed E-state index contributed by atoms with van der Waals surface area (Å²) in [6.45, 7) is 2.57. The Kier molecular flexibility index (Phi) is 3.42. The number of thiophene rings is 1. The maximum Gasteiger partial charge on any atom is 0.345 e. The van der Waals surface area contributed by atoms with Crippen LogP contribution in [-0.2, 0) is 6.54 Å². The maximum absolute atomic E-state index is 10.9. The van der Waals surface area contributed by atoms with E-state index >= 15 is 0 Å². The van der Waals surface area contributed by atoms with E-state index in [9.17, 15) is 4.79 Å². The lowest BCUT2D eigenvalue weighted by atomic mass is 10.2. The van der Waals surface area contributed by atoms with Crippen LogP contribution in [0, 0.1) is 6.92 Å². The molecule has 2 N–H and O–H groups in total. The monoisotopic (exact) mass is 304 g/mol. The van der Waals surface area contributed by atoms with Gasteiger partial charge < -0.3 is 10.4 Å². The second-order valence-corrected chi connectivity index (χ2v) is 6.53. The molecule has 2 aromatic heterocycles. The zero-order valence-corrected chi connectivity index (χ0v) is 12.3. The van der Waals surface area contributed by atoms with E-state index in [0.717, 1.165) is 26.3 Å². The van der Waals surface area contributed by atoms with Crippen LogP contribution in [0.25, 0.3) is 10.2 Å². The summed E-state index contributed by atoms with van der Waals surface area (Å²) in [4.78, 5) is 16.6. The molecular formula is C14H12N2O2S2. The Hall–Kier alpha value is -1.92. The van der Waals surface area contributed by atoms with Gasteiger partial charge in [-0.1, -0.05) is 0 Å². The molecule has 2 heterocycles. The Morgan fingerprint density at radius 2 is 2.25 bits per heavy atom. The first-order valence-electron chi connectivity index (χ1n) is 6.03. The number of thiazole rings is 1. The minimum atomic E-state index is -0.865. The fourth-order valence-electron chi connectivity index (χ4n) is 1.96. The molecule has 0 saturated heterocycles. The molecule has 0 bridgehead atoms. The first kappa shape index (κ1) is 13.1. The molecule has 0 saturated carbocycles. The van der Waals surface area contributed by atoms with Crippen molar-refractivity contribution in [1.82, 2.24) is 4.98 Å². The number of carbonyl (C=O) groups is 1. The summed E-state index contributed by atoms with van der Waals surface area (Å²) in [5.41, 5.74) is 4.87. The topological polar surface area (TPSA) is 62.2 Å². The van der Waals surface area contributed by atoms with Gasteiger partial charge in [0.1, 0.15) is 4.88 Å². The number of rotatable bonds is 4. The van der Waals surface area contributed by atoms with Crippen LogP contribution in [0.3, 0.4) is 0 Å². The Morgan fingerprint density at radius 3 is 3.00 bits per heavy atom. The van der Waals surface area contributed by atoms with Crippen LogP contribution < -0.4 is 5.32 Å². The number of carboxylic acids is 1. The summed E-state index contributed by atoms with van der Waals surface area (Å²) in [5.74, 6) is -0.865.